The highest BCUT2D eigenvalue weighted by atomic mass is 35.5. The van der Waals surface area contributed by atoms with Crippen LogP contribution in [0.5, 0.6) is 0 Å². The van der Waals surface area contributed by atoms with Gasteiger partial charge in [0.25, 0.3) is 0 Å². The highest BCUT2D eigenvalue weighted by molar-refractivity contribution is 8.00. The zero-order valence-corrected chi connectivity index (χ0v) is 15.1. The number of hydrogen-bond acceptors (Lipinski definition) is 4. The molecule has 2 rings (SSSR count). The number of nitrogens with two attached hydrogens (primary N) is 1. The number of nitrogens with zero attached hydrogens (tertiary/aromatic N) is 3. The van der Waals surface area contributed by atoms with Gasteiger partial charge in [0.05, 0.1) is 20.5 Å². The van der Waals surface area contributed by atoms with E-state index >= 15 is 0 Å². The normalized spacial score (nSPS) is 12.9. The molecule has 0 aliphatic rings. The largest absolute Gasteiger partial charge is 0.464 e. The van der Waals surface area contributed by atoms with Crippen molar-refractivity contribution < 1.29 is 35.1 Å². The lowest BCUT2D eigenvalue weighted by Gasteiger charge is -2.18. The third-order valence-electron chi connectivity index (χ3n) is 3.10. The molecule has 0 saturated heterocycles. The summed E-state index contributed by atoms with van der Waals surface area (Å²) >= 11 is 10.4. The van der Waals surface area contributed by atoms with E-state index in [2.05, 4.69) is 5.10 Å². The Bertz CT molecular complexity index is 938. The quantitative estimate of drug-likeness (QED) is 0.448. The molecule has 0 spiro atoms. The minimum absolute atomic E-state index is 0.415. The zero-order chi connectivity index (χ0) is 21.7. The number of halogens is 10. The van der Waals surface area contributed by atoms with Crippen LogP contribution in [-0.2, 0) is 6.18 Å². The number of benzene rings is 1. The number of nitriles is 1. The molecule has 0 atom stereocenters. The van der Waals surface area contributed by atoms with Crippen molar-refractivity contribution in [2.75, 3.05) is 5.73 Å². The number of aromatic nitrogens is 2. The van der Waals surface area contributed by atoms with Gasteiger partial charge in [-0.05, 0) is 23.9 Å². The van der Waals surface area contributed by atoms with Crippen LogP contribution in [0.3, 0.4) is 0 Å². The van der Waals surface area contributed by atoms with E-state index in [0.717, 1.165) is 0 Å². The number of alkyl halides is 8. The van der Waals surface area contributed by atoms with Gasteiger partial charge in [0.2, 0.25) is 0 Å². The van der Waals surface area contributed by atoms with Crippen molar-refractivity contribution in [2.24, 2.45) is 0 Å². The molecule has 1 aromatic carbocycles. The minimum atomic E-state index is -5.97. The van der Waals surface area contributed by atoms with Crippen LogP contribution >= 0.6 is 35.0 Å². The molecule has 0 aliphatic heterocycles. The van der Waals surface area contributed by atoms with E-state index in [1.54, 1.807) is 0 Å². The van der Waals surface area contributed by atoms with Gasteiger partial charge in [0, 0.05) is 0 Å². The van der Waals surface area contributed by atoms with Gasteiger partial charge in [-0.2, -0.15) is 45.5 Å². The summed E-state index contributed by atoms with van der Waals surface area (Å²) in [4.78, 5) is -1.04. The van der Waals surface area contributed by atoms with Crippen molar-refractivity contribution >= 4 is 40.8 Å². The van der Waals surface area contributed by atoms with Crippen molar-refractivity contribution in [1.82, 2.24) is 9.78 Å². The van der Waals surface area contributed by atoms with Crippen LogP contribution in [0.25, 0.3) is 5.69 Å². The summed E-state index contributed by atoms with van der Waals surface area (Å²) in [6.45, 7) is 0. The molecule has 1 heterocycles. The van der Waals surface area contributed by atoms with E-state index in [1.807, 2.05) is 0 Å². The molecule has 0 amide bonds. The highest BCUT2D eigenvalue weighted by Crippen LogP contribution is 2.50. The summed E-state index contributed by atoms with van der Waals surface area (Å²) in [5.74, 6) is -0.894. The average Bonchev–Trinajstić information content (AvgIpc) is 2.81. The predicted molar refractivity (Wildman–Crippen MR) is 84.6 cm³/mol. The summed E-state index contributed by atoms with van der Waals surface area (Å²) in [5, 5.41) is 5.70. The lowest BCUT2D eigenvalue weighted by molar-refractivity contribution is -0.237. The second-order valence-corrected chi connectivity index (χ2v) is 6.93. The first-order valence-corrected chi connectivity index (χ1v) is 8.16. The summed E-state index contributed by atoms with van der Waals surface area (Å²) in [5.41, 5.74) is 2.79. The van der Waals surface area contributed by atoms with Gasteiger partial charge in [0.15, 0.2) is 5.69 Å². The molecule has 152 valence electrons. The molecule has 2 N–H and O–H groups in total. The molecule has 0 fully saturated rings. The molecule has 0 saturated carbocycles. The molecule has 28 heavy (non-hydrogen) atoms. The summed E-state index contributed by atoms with van der Waals surface area (Å²) in [7, 11) is 0. The molecule has 0 unspecified atom stereocenters. The van der Waals surface area contributed by atoms with Crippen molar-refractivity contribution in [3.8, 4) is 11.8 Å². The smallest absolute Gasteiger partial charge is 0.383 e. The van der Waals surface area contributed by atoms with Gasteiger partial charge in [-0.1, -0.05) is 23.2 Å². The Kier molecular flexibility index (Phi) is 5.72. The van der Waals surface area contributed by atoms with Crippen molar-refractivity contribution in [3.05, 3.63) is 33.4 Å². The Balaban J connectivity index is 2.65. The van der Waals surface area contributed by atoms with Crippen molar-refractivity contribution in [3.63, 3.8) is 0 Å². The third-order valence-corrected chi connectivity index (χ3v) is 4.77. The Morgan fingerprint density at radius 1 is 1.04 bits per heavy atom. The molecule has 15 heteroatoms. The van der Waals surface area contributed by atoms with Crippen LogP contribution in [0.4, 0.5) is 40.9 Å². The fourth-order valence-electron chi connectivity index (χ4n) is 1.88. The van der Waals surface area contributed by atoms with Gasteiger partial charge in [-0.15, -0.1) is 0 Å². The van der Waals surface area contributed by atoms with Crippen molar-refractivity contribution in [2.45, 2.75) is 22.5 Å². The maximum absolute atomic E-state index is 13.3. The number of rotatable bonds is 3. The summed E-state index contributed by atoms with van der Waals surface area (Å²) in [6, 6.07) is 2.12. The maximum Gasteiger partial charge on any atom is 0.464 e. The maximum atomic E-state index is 13.3. The van der Waals surface area contributed by atoms with Gasteiger partial charge < -0.3 is 5.73 Å². The average molecular weight is 471 g/mol. The monoisotopic (exact) mass is 470 g/mol. The molecule has 0 bridgehead atoms. The van der Waals surface area contributed by atoms with E-state index in [4.69, 9.17) is 34.2 Å². The molecule has 4 nitrogen and oxygen atoms in total. The molecular formula is C13H4Cl2F8N4S. The molecule has 0 aliphatic carbocycles. The second kappa shape index (κ2) is 7.16. The Morgan fingerprint density at radius 3 is 1.93 bits per heavy atom. The van der Waals surface area contributed by atoms with E-state index in [1.165, 1.54) is 6.07 Å². The van der Waals surface area contributed by atoms with E-state index in [0.29, 0.717) is 16.8 Å². The van der Waals surface area contributed by atoms with Gasteiger partial charge in [0.1, 0.15) is 17.6 Å². The topological polar surface area (TPSA) is 67.6 Å². The standard InChI is InChI=1S/C13H4Cl2F8N4S/c14-5-1-4(11(16,17)18)2-6(15)8(5)27-10(25)9(7(3-24)26-27)28-13(22,23)12(19,20)21/h1-2H,25H2. The van der Waals surface area contributed by atoms with Crippen LogP contribution in [0, 0.1) is 11.3 Å². The van der Waals surface area contributed by atoms with Crippen LogP contribution < -0.4 is 5.73 Å². The van der Waals surface area contributed by atoms with E-state index in [9.17, 15) is 35.1 Å². The minimum Gasteiger partial charge on any atom is -0.383 e. The SMILES string of the molecule is N#Cc1nn(-c2c(Cl)cc(C(F)(F)F)cc2Cl)c(N)c1SC(F)(F)C(F)(F)F. The first kappa shape index (κ1) is 22.4. The third kappa shape index (κ3) is 4.08. The first-order chi connectivity index (χ1) is 12.6. The van der Waals surface area contributed by atoms with Gasteiger partial charge >= 0.3 is 17.6 Å². The zero-order valence-electron chi connectivity index (χ0n) is 12.8. The lowest BCUT2D eigenvalue weighted by atomic mass is 10.2. The van der Waals surface area contributed by atoms with Crippen LogP contribution in [-0.4, -0.2) is 21.2 Å². The number of hydrogen-bond donors (Lipinski definition) is 1. The van der Waals surface area contributed by atoms with Gasteiger partial charge in [-0.25, -0.2) is 4.68 Å². The first-order valence-electron chi connectivity index (χ1n) is 6.59. The van der Waals surface area contributed by atoms with Gasteiger partial charge in [-0.3, -0.25) is 0 Å². The highest BCUT2D eigenvalue weighted by Gasteiger charge is 2.59. The molecule has 0 radical (unpaired) electrons. The number of nitrogen functional groups attached to an aromatic ring is 1. The lowest BCUT2D eigenvalue weighted by Crippen LogP contribution is -2.32. The van der Waals surface area contributed by atoms with Crippen molar-refractivity contribution in [1.29, 1.82) is 5.26 Å². The van der Waals surface area contributed by atoms with Crippen LogP contribution in [0.1, 0.15) is 11.3 Å². The molecular weight excluding hydrogens is 467 g/mol. The summed E-state index contributed by atoms with van der Waals surface area (Å²) in [6.07, 6.45) is -10.8. The van der Waals surface area contributed by atoms with E-state index < -0.39 is 67.1 Å². The fraction of sp³-hybridized carbons (Fsp3) is 0.231. The van der Waals surface area contributed by atoms with Crippen LogP contribution in [0.15, 0.2) is 17.0 Å². The molecule has 2 aromatic rings. The summed E-state index contributed by atoms with van der Waals surface area (Å²) < 4.78 is 103. The van der Waals surface area contributed by atoms with E-state index in [-0.39, 0.29) is 0 Å². The Labute approximate surface area is 164 Å². The Hall–Kier alpha value is -1.91. The Morgan fingerprint density at radius 2 is 1.54 bits per heavy atom. The number of anilines is 1. The van der Waals surface area contributed by atoms with Crippen LogP contribution in [0.2, 0.25) is 10.0 Å². The predicted octanol–water partition coefficient (Wildman–Crippen LogP) is 5.90. The second-order valence-electron chi connectivity index (χ2n) is 4.99. The number of thioether (sulfide) groups is 1. The molecule has 1 aromatic heterocycles. The fourth-order valence-corrected chi connectivity index (χ4v) is 3.27.